The summed E-state index contributed by atoms with van der Waals surface area (Å²) in [7, 11) is 0. The van der Waals surface area contributed by atoms with Crippen LogP contribution in [-0.4, -0.2) is 12.6 Å². The third-order valence-corrected chi connectivity index (χ3v) is 3.31. The van der Waals surface area contributed by atoms with E-state index in [9.17, 15) is 0 Å². The molecule has 1 aromatic heterocycles. The minimum atomic E-state index is 0.544. The standard InChI is InChI=1S/C12H21NOS/c1-5-14-8-11-6-12(15-10(11)4)7-13-9(2)3/h6,9,13H,5,7-8H2,1-4H3. The van der Waals surface area contributed by atoms with Crippen LogP contribution in [0, 0.1) is 6.92 Å². The molecule has 1 heterocycles. The van der Waals surface area contributed by atoms with Crippen LogP contribution in [0.15, 0.2) is 6.07 Å². The molecule has 2 nitrogen and oxygen atoms in total. The lowest BCUT2D eigenvalue weighted by molar-refractivity contribution is 0.134. The lowest BCUT2D eigenvalue weighted by Crippen LogP contribution is -2.21. The van der Waals surface area contributed by atoms with Crippen LogP contribution in [0.2, 0.25) is 0 Å². The molecule has 0 spiro atoms. The number of hydrogen-bond acceptors (Lipinski definition) is 3. The van der Waals surface area contributed by atoms with Crippen LogP contribution in [0.5, 0.6) is 0 Å². The molecule has 3 heteroatoms. The Kier molecular flexibility index (Phi) is 5.29. The van der Waals surface area contributed by atoms with Gasteiger partial charge in [0.25, 0.3) is 0 Å². The summed E-state index contributed by atoms with van der Waals surface area (Å²) in [5, 5.41) is 3.43. The van der Waals surface area contributed by atoms with Crippen molar-refractivity contribution in [2.75, 3.05) is 6.61 Å². The maximum atomic E-state index is 5.43. The van der Waals surface area contributed by atoms with Crippen molar-refractivity contribution in [1.29, 1.82) is 0 Å². The number of rotatable bonds is 6. The summed E-state index contributed by atoms with van der Waals surface area (Å²) >= 11 is 1.86. The molecule has 0 saturated carbocycles. The molecule has 0 aromatic carbocycles. The topological polar surface area (TPSA) is 21.3 Å². The summed E-state index contributed by atoms with van der Waals surface area (Å²) in [6.07, 6.45) is 0. The predicted molar refractivity (Wildman–Crippen MR) is 66.4 cm³/mol. The highest BCUT2D eigenvalue weighted by molar-refractivity contribution is 7.12. The fourth-order valence-corrected chi connectivity index (χ4v) is 2.33. The monoisotopic (exact) mass is 227 g/mol. The maximum Gasteiger partial charge on any atom is 0.0727 e. The molecule has 1 aromatic rings. The minimum absolute atomic E-state index is 0.544. The van der Waals surface area contributed by atoms with Crippen molar-refractivity contribution in [1.82, 2.24) is 5.32 Å². The Morgan fingerprint density at radius 1 is 1.47 bits per heavy atom. The second kappa shape index (κ2) is 6.26. The lowest BCUT2D eigenvalue weighted by atomic mass is 10.2. The third kappa shape index (κ3) is 4.33. The van der Waals surface area contributed by atoms with Gasteiger partial charge in [-0.3, -0.25) is 0 Å². The number of hydrogen-bond donors (Lipinski definition) is 1. The van der Waals surface area contributed by atoms with Crippen LogP contribution in [-0.2, 0) is 17.9 Å². The van der Waals surface area contributed by atoms with Crippen molar-refractivity contribution in [3.8, 4) is 0 Å². The van der Waals surface area contributed by atoms with E-state index in [1.54, 1.807) is 0 Å². The average molecular weight is 227 g/mol. The van der Waals surface area contributed by atoms with Gasteiger partial charge < -0.3 is 10.1 Å². The smallest absolute Gasteiger partial charge is 0.0727 e. The molecule has 86 valence electrons. The summed E-state index contributed by atoms with van der Waals surface area (Å²) in [6.45, 7) is 11.0. The van der Waals surface area contributed by atoms with Gasteiger partial charge in [-0.2, -0.15) is 0 Å². The molecule has 0 saturated heterocycles. The molecule has 0 amide bonds. The lowest BCUT2D eigenvalue weighted by Gasteiger charge is -2.05. The van der Waals surface area contributed by atoms with Crippen molar-refractivity contribution in [3.63, 3.8) is 0 Å². The minimum Gasteiger partial charge on any atom is -0.377 e. The van der Waals surface area contributed by atoms with Crippen molar-refractivity contribution in [2.24, 2.45) is 0 Å². The summed E-state index contributed by atoms with van der Waals surface area (Å²) in [5.74, 6) is 0. The molecule has 15 heavy (non-hydrogen) atoms. The maximum absolute atomic E-state index is 5.43. The first-order chi connectivity index (χ1) is 7.13. The molecular formula is C12H21NOS. The van der Waals surface area contributed by atoms with Gasteiger partial charge in [-0.05, 0) is 25.5 Å². The Hall–Kier alpha value is -0.380. The Morgan fingerprint density at radius 2 is 2.20 bits per heavy atom. The van der Waals surface area contributed by atoms with E-state index in [2.05, 4.69) is 32.2 Å². The van der Waals surface area contributed by atoms with Gasteiger partial charge in [0.05, 0.1) is 6.61 Å². The molecule has 1 rings (SSSR count). The van der Waals surface area contributed by atoms with Crippen molar-refractivity contribution in [3.05, 3.63) is 21.4 Å². The van der Waals surface area contributed by atoms with Crippen LogP contribution < -0.4 is 5.32 Å². The number of aryl methyl sites for hydroxylation is 1. The van der Waals surface area contributed by atoms with Crippen LogP contribution in [0.3, 0.4) is 0 Å². The van der Waals surface area contributed by atoms with Gasteiger partial charge in [-0.1, -0.05) is 13.8 Å². The van der Waals surface area contributed by atoms with Crippen LogP contribution in [0.25, 0.3) is 0 Å². The fraction of sp³-hybridized carbons (Fsp3) is 0.667. The first-order valence-corrected chi connectivity index (χ1v) is 6.34. The van der Waals surface area contributed by atoms with E-state index in [-0.39, 0.29) is 0 Å². The number of thiophene rings is 1. The van der Waals surface area contributed by atoms with E-state index in [1.807, 2.05) is 18.3 Å². The van der Waals surface area contributed by atoms with Crippen molar-refractivity contribution < 1.29 is 4.74 Å². The molecule has 0 atom stereocenters. The molecule has 0 aliphatic rings. The summed E-state index contributed by atoms with van der Waals surface area (Å²) in [4.78, 5) is 2.78. The zero-order valence-corrected chi connectivity index (χ0v) is 10.9. The normalized spacial score (nSPS) is 11.3. The molecule has 0 aliphatic carbocycles. The van der Waals surface area contributed by atoms with Crippen LogP contribution >= 0.6 is 11.3 Å². The zero-order chi connectivity index (χ0) is 11.3. The van der Waals surface area contributed by atoms with E-state index in [4.69, 9.17) is 4.74 Å². The van der Waals surface area contributed by atoms with Gasteiger partial charge in [0.15, 0.2) is 0 Å². The van der Waals surface area contributed by atoms with Crippen LogP contribution in [0.4, 0.5) is 0 Å². The van der Waals surface area contributed by atoms with Gasteiger partial charge in [0, 0.05) is 28.9 Å². The van der Waals surface area contributed by atoms with Crippen molar-refractivity contribution >= 4 is 11.3 Å². The zero-order valence-electron chi connectivity index (χ0n) is 10.1. The van der Waals surface area contributed by atoms with Gasteiger partial charge in [-0.25, -0.2) is 0 Å². The first-order valence-electron chi connectivity index (χ1n) is 5.52. The Labute approximate surface area is 96.7 Å². The van der Waals surface area contributed by atoms with E-state index >= 15 is 0 Å². The highest BCUT2D eigenvalue weighted by Crippen LogP contribution is 2.22. The average Bonchev–Trinajstić information content (AvgIpc) is 2.53. The Morgan fingerprint density at radius 3 is 2.80 bits per heavy atom. The summed E-state index contributed by atoms with van der Waals surface area (Å²) in [5.41, 5.74) is 1.34. The molecule has 0 aliphatic heterocycles. The van der Waals surface area contributed by atoms with Gasteiger partial charge >= 0.3 is 0 Å². The molecule has 0 bridgehead atoms. The number of nitrogens with one attached hydrogen (secondary N) is 1. The Balaban J connectivity index is 2.52. The van der Waals surface area contributed by atoms with Gasteiger partial charge in [0.2, 0.25) is 0 Å². The quantitative estimate of drug-likeness (QED) is 0.806. The van der Waals surface area contributed by atoms with Crippen LogP contribution in [0.1, 0.15) is 36.1 Å². The molecular weight excluding hydrogens is 206 g/mol. The summed E-state index contributed by atoms with van der Waals surface area (Å²) in [6, 6.07) is 2.80. The highest BCUT2D eigenvalue weighted by atomic mass is 32.1. The highest BCUT2D eigenvalue weighted by Gasteiger charge is 2.05. The molecule has 0 unspecified atom stereocenters. The second-order valence-corrected chi connectivity index (χ2v) is 5.31. The van der Waals surface area contributed by atoms with Gasteiger partial charge in [0.1, 0.15) is 0 Å². The van der Waals surface area contributed by atoms with Gasteiger partial charge in [-0.15, -0.1) is 11.3 Å². The largest absolute Gasteiger partial charge is 0.377 e. The third-order valence-electron chi connectivity index (χ3n) is 2.22. The molecule has 0 fully saturated rings. The summed E-state index contributed by atoms with van der Waals surface area (Å²) < 4.78 is 5.43. The van der Waals surface area contributed by atoms with E-state index < -0.39 is 0 Å². The van der Waals surface area contributed by atoms with E-state index in [0.29, 0.717) is 6.04 Å². The second-order valence-electron chi connectivity index (χ2n) is 3.97. The van der Waals surface area contributed by atoms with E-state index in [0.717, 1.165) is 19.8 Å². The van der Waals surface area contributed by atoms with E-state index in [1.165, 1.54) is 15.3 Å². The predicted octanol–water partition coefficient (Wildman–Crippen LogP) is 3.09. The Bertz CT molecular complexity index is 294. The molecule has 1 N–H and O–H groups in total. The SMILES string of the molecule is CCOCc1cc(CNC(C)C)sc1C. The number of ether oxygens (including phenoxy) is 1. The molecule has 0 radical (unpaired) electrons. The first kappa shape index (κ1) is 12.7. The van der Waals surface area contributed by atoms with Crippen molar-refractivity contribution in [2.45, 2.75) is 46.9 Å². The fourth-order valence-electron chi connectivity index (χ4n) is 1.33.